The van der Waals surface area contributed by atoms with E-state index in [-0.39, 0.29) is 62.5 Å². The third-order valence-electron chi connectivity index (χ3n) is 7.87. The predicted octanol–water partition coefficient (Wildman–Crippen LogP) is 5.82. The molecule has 0 saturated carbocycles. The molecule has 0 spiro atoms. The monoisotopic (exact) mass is 601 g/mol. The normalized spacial score (nSPS) is 13.6. The first kappa shape index (κ1) is 31.3. The van der Waals surface area contributed by atoms with Crippen molar-refractivity contribution in [2.24, 2.45) is 0 Å². The molecule has 2 aromatic heterocycles. The zero-order valence-electron chi connectivity index (χ0n) is 25.4. The van der Waals surface area contributed by atoms with Crippen LogP contribution in [0.25, 0.3) is 28.2 Å². The third kappa shape index (κ3) is 6.56. The van der Waals surface area contributed by atoms with Crippen molar-refractivity contribution in [1.82, 2.24) is 19.7 Å². The second-order valence-corrected chi connectivity index (χ2v) is 11.5. The zero-order valence-corrected chi connectivity index (χ0v) is 28.5. The molecule has 9 heteroatoms. The van der Waals surface area contributed by atoms with E-state index >= 15 is 0 Å². The quantitative estimate of drug-likeness (QED) is 0.236. The first-order valence-corrected chi connectivity index (χ1v) is 14.4. The molecule has 0 amide bonds. The van der Waals surface area contributed by atoms with Crippen molar-refractivity contribution in [3.05, 3.63) is 116 Å². The first-order valence-electron chi connectivity index (χ1n) is 14.4. The van der Waals surface area contributed by atoms with Crippen LogP contribution in [0.15, 0.2) is 80.8 Å². The zero-order chi connectivity index (χ0) is 29.4. The molecule has 6 rings (SSSR count). The molecule has 215 valence electrons. The number of nitrogens with one attached hydrogen (secondary N) is 1. The SMILES string of the molecule is CCCc1nc(C)n(-c2ccc3c(c2)CCC(C)(C)O3)c(=O)c1Cc1ccc(-c2ccccc2-c2noc(=O)[nH]2)cc1.[K]. The number of aryl methyl sites for hydroxylation is 3. The minimum Gasteiger partial charge on any atom is -0.488 e. The summed E-state index contributed by atoms with van der Waals surface area (Å²) >= 11 is 0. The van der Waals surface area contributed by atoms with E-state index in [1.54, 1.807) is 4.57 Å². The second kappa shape index (κ2) is 12.9. The smallest absolute Gasteiger partial charge is 0.439 e. The van der Waals surface area contributed by atoms with Crippen LogP contribution in [-0.4, -0.2) is 76.7 Å². The van der Waals surface area contributed by atoms with Crippen LogP contribution in [0.2, 0.25) is 0 Å². The maximum atomic E-state index is 14.1. The summed E-state index contributed by atoms with van der Waals surface area (Å²) < 4.78 is 12.6. The van der Waals surface area contributed by atoms with Crippen LogP contribution in [-0.2, 0) is 19.3 Å². The van der Waals surface area contributed by atoms with Gasteiger partial charge in [-0.1, -0.05) is 67.0 Å². The van der Waals surface area contributed by atoms with Crippen molar-refractivity contribution in [2.75, 3.05) is 0 Å². The summed E-state index contributed by atoms with van der Waals surface area (Å²) in [5.41, 5.74) is 6.93. The summed E-state index contributed by atoms with van der Waals surface area (Å²) in [6.45, 7) is 8.21. The standard InChI is InChI=1S/C34H34N4O4.K/c1-5-8-29-28(32(39)38(21(2)35-29)25-15-16-30-24(20-25)17-18-34(3,4)41-30)19-22-11-13-23(14-12-22)26-9-6-7-10-27(26)31-36-33(40)42-37-31;/h6-7,9-16,20H,5,8,17-19H2,1-4H3,(H,36,37,40);. The van der Waals surface area contributed by atoms with E-state index in [9.17, 15) is 9.59 Å². The summed E-state index contributed by atoms with van der Waals surface area (Å²) in [6, 6.07) is 21.8. The molecule has 0 fully saturated rings. The van der Waals surface area contributed by atoms with Gasteiger partial charge in [0, 0.05) is 68.9 Å². The van der Waals surface area contributed by atoms with Gasteiger partial charge in [-0.25, -0.2) is 9.78 Å². The Bertz CT molecular complexity index is 1890. The predicted molar refractivity (Wildman–Crippen MR) is 168 cm³/mol. The van der Waals surface area contributed by atoms with Crippen LogP contribution in [0.4, 0.5) is 0 Å². The molecule has 8 nitrogen and oxygen atoms in total. The van der Waals surface area contributed by atoms with Gasteiger partial charge >= 0.3 is 5.76 Å². The molecule has 3 heterocycles. The summed E-state index contributed by atoms with van der Waals surface area (Å²) in [4.78, 5) is 33.2. The Morgan fingerprint density at radius 2 is 1.74 bits per heavy atom. The largest absolute Gasteiger partial charge is 0.488 e. The van der Waals surface area contributed by atoms with Gasteiger partial charge in [-0.15, -0.1) is 0 Å². The number of ether oxygens (including phenoxy) is 1. The van der Waals surface area contributed by atoms with Gasteiger partial charge in [0.15, 0.2) is 5.82 Å². The van der Waals surface area contributed by atoms with Gasteiger partial charge in [0.2, 0.25) is 0 Å². The van der Waals surface area contributed by atoms with Crippen molar-refractivity contribution < 1.29 is 9.26 Å². The third-order valence-corrected chi connectivity index (χ3v) is 7.87. The number of fused-ring (bicyclic) bond motifs is 1. The Morgan fingerprint density at radius 3 is 2.44 bits per heavy atom. The fraction of sp³-hybridized carbons (Fsp3) is 0.294. The van der Waals surface area contributed by atoms with E-state index in [0.29, 0.717) is 23.6 Å². The van der Waals surface area contributed by atoms with Gasteiger partial charge in [-0.05, 0) is 80.5 Å². The molecule has 5 aromatic rings. The minimum absolute atomic E-state index is 0. The molecular weight excluding hydrogens is 567 g/mol. The number of nitrogens with zero attached hydrogens (tertiary/aromatic N) is 3. The number of hydrogen-bond donors (Lipinski definition) is 1. The van der Waals surface area contributed by atoms with Crippen LogP contribution in [0.3, 0.4) is 0 Å². The number of aromatic nitrogens is 4. The van der Waals surface area contributed by atoms with Crippen molar-refractivity contribution >= 4 is 51.4 Å². The van der Waals surface area contributed by atoms with Crippen LogP contribution in [0.5, 0.6) is 5.75 Å². The van der Waals surface area contributed by atoms with Gasteiger partial charge in [0.25, 0.3) is 5.56 Å². The van der Waals surface area contributed by atoms with E-state index < -0.39 is 5.76 Å². The van der Waals surface area contributed by atoms with Crippen molar-refractivity contribution in [3.63, 3.8) is 0 Å². The molecular formula is C34H34KN4O4. The number of H-pyrrole nitrogens is 1. The number of aromatic amines is 1. The van der Waals surface area contributed by atoms with Crippen LogP contribution in [0.1, 0.15) is 61.8 Å². The molecule has 1 radical (unpaired) electrons. The fourth-order valence-corrected chi connectivity index (χ4v) is 5.72. The van der Waals surface area contributed by atoms with Crippen LogP contribution >= 0.6 is 0 Å². The van der Waals surface area contributed by atoms with Gasteiger partial charge in [-0.2, -0.15) is 0 Å². The van der Waals surface area contributed by atoms with Crippen molar-refractivity contribution in [3.8, 4) is 34.0 Å². The average Bonchev–Trinajstić information content (AvgIpc) is 3.41. The summed E-state index contributed by atoms with van der Waals surface area (Å²) in [7, 11) is 0. The van der Waals surface area contributed by atoms with E-state index in [2.05, 4.69) is 37.0 Å². The van der Waals surface area contributed by atoms with Gasteiger partial charge < -0.3 is 4.74 Å². The molecule has 0 saturated heterocycles. The molecule has 1 aliphatic heterocycles. The molecule has 0 bridgehead atoms. The van der Waals surface area contributed by atoms with Crippen LogP contribution < -0.4 is 16.1 Å². The Hall–Kier alpha value is -3.08. The average molecular weight is 602 g/mol. The Labute approximate surface area is 292 Å². The topological polar surface area (TPSA) is 103 Å². The van der Waals surface area contributed by atoms with E-state index in [1.165, 1.54) is 0 Å². The van der Waals surface area contributed by atoms with Gasteiger partial charge in [-0.3, -0.25) is 18.9 Å². The van der Waals surface area contributed by atoms with Crippen molar-refractivity contribution in [1.29, 1.82) is 0 Å². The van der Waals surface area contributed by atoms with E-state index in [4.69, 9.17) is 14.2 Å². The molecule has 0 atom stereocenters. The second-order valence-electron chi connectivity index (χ2n) is 11.5. The van der Waals surface area contributed by atoms with Crippen LogP contribution in [0, 0.1) is 6.92 Å². The Kier molecular flexibility index (Phi) is 9.39. The van der Waals surface area contributed by atoms with E-state index in [0.717, 1.165) is 70.6 Å². The van der Waals surface area contributed by atoms with Crippen molar-refractivity contribution in [2.45, 2.75) is 65.4 Å². The van der Waals surface area contributed by atoms with E-state index in [1.807, 2.05) is 67.6 Å². The summed E-state index contributed by atoms with van der Waals surface area (Å²) in [5, 5.41) is 3.86. The molecule has 1 aliphatic rings. The minimum atomic E-state index is -0.594. The summed E-state index contributed by atoms with van der Waals surface area (Å²) in [6.07, 6.45) is 3.94. The van der Waals surface area contributed by atoms with Gasteiger partial charge in [0.1, 0.15) is 17.2 Å². The molecule has 0 aliphatic carbocycles. The molecule has 0 unspecified atom stereocenters. The number of rotatable bonds is 7. The number of hydrogen-bond acceptors (Lipinski definition) is 6. The first-order chi connectivity index (χ1) is 20.2. The van der Waals surface area contributed by atoms with Gasteiger partial charge in [0.05, 0.1) is 11.4 Å². The maximum absolute atomic E-state index is 14.1. The fourth-order valence-electron chi connectivity index (χ4n) is 5.72. The summed E-state index contributed by atoms with van der Waals surface area (Å²) in [5.74, 6) is 1.35. The Balaban J connectivity index is 0.00000368. The molecule has 3 aromatic carbocycles. The molecule has 1 N–H and O–H groups in total. The number of benzene rings is 3. The Morgan fingerprint density at radius 1 is 1.00 bits per heavy atom. The molecule has 43 heavy (non-hydrogen) atoms. The maximum Gasteiger partial charge on any atom is 0.439 e.